The fourth-order valence-electron chi connectivity index (χ4n) is 2.28. The Labute approximate surface area is 173 Å². The van der Waals surface area contributed by atoms with Crippen LogP contribution in [0.3, 0.4) is 0 Å². The third kappa shape index (κ3) is 4.55. The molecule has 0 bridgehead atoms. The number of hydrogen-bond donors (Lipinski definition) is 3. The predicted molar refractivity (Wildman–Crippen MR) is 111 cm³/mol. The summed E-state index contributed by atoms with van der Waals surface area (Å²) in [5.74, 6) is -0.0728. The fourth-order valence-corrected chi connectivity index (χ4v) is 4.08. The molecule has 1 fully saturated rings. The predicted octanol–water partition coefficient (Wildman–Crippen LogP) is 2.70. The molecular weight excluding hydrogens is 470 g/mol. The number of nitrogens with zero attached hydrogens (tertiary/aromatic N) is 1. The Kier molecular flexibility index (Phi) is 5.79. The van der Waals surface area contributed by atoms with Crippen LogP contribution in [0.15, 0.2) is 55.7 Å². The van der Waals surface area contributed by atoms with E-state index in [1.54, 1.807) is 12.1 Å². The number of phenols is 1. The number of aliphatic imine (C=N–C) groups is 1. The van der Waals surface area contributed by atoms with Crippen molar-refractivity contribution in [2.24, 2.45) is 10.1 Å². The summed E-state index contributed by atoms with van der Waals surface area (Å²) >= 11 is 4.47. The number of nitrogens with two attached hydrogens (primary N) is 1. The lowest BCUT2D eigenvalue weighted by Crippen LogP contribution is -2.19. The largest absolute Gasteiger partial charge is 0.504 e. The van der Waals surface area contributed by atoms with Crippen LogP contribution in [0.1, 0.15) is 5.56 Å². The molecule has 4 N–H and O–H groups in total. The van der Waals surface area contributed by atoms with Gasteiger partial charge in [0.15, 0.2) is 16.7 Å². The Morgan fingerprint density at radius 1 is 1.29 bits per heavy atom. The number of nitrogens with one attached hydrogen (secondary N) is 1. The number of carbonyl (C=O) groups excluding carboxylic acids is 1. The number of amidine groups is 1. The molecule has 0 unspecified atom stereocenters. The van der Waals surface area contributed by atoms with Gasteiger partial charge in [-0.3, -0.25) is 4.79 Å². The zero-order valence-electron chi connectivity index (χ0n) is 14.3. The third-order valence-corrected chi connectivity index (χ3v) is 6.16. The van der Waals surface area contributed by atoms with Crippen LogP contribution >= 0.6 is 27.7 Å². The molecule has 0 atom stereocenters. The molecule has 146 valence electrons. The highest BCUT2D eigenvalue weighted by molar-refractivity contribution is 9.10. The summed E-state index contributed by atoms with van der Waals surface area (Å²) in [5.41, 5.74) is 1.11. The van der Waals surface area contributed by atoms with E-state index < -0.39 is 10.0 Å². The van der Waals surface area contributed by atoms with E-state index in [2.05, 4.69) is 26.2 Å². The molecule has 8 nitrogen and oxygen atoms in total. The first-order valence-corrected chi connectivity index (χ1v) is 10.8. The van der Waals surface area contributed by atoms with Crippen LogP contribution in [0.4, 0.5) is 5.69 Å². The Balaban J connectivity index is 1.86. The van der Waals surface area contributed by atoms with E-state index in [9.17, 15) is 18.3 Å². The second-order valence-electron chi connectivity index (χ2n) is 5.57. The van der Waals surface area contributed by atoms with Gasteiger partial charge in [0.2, 0.25) is 10.0 Å². The molecule has 11 heteroatoms. The van der Waals surface area contributed by atoms with Crippen molar-refractivity contribution in [3.63, 3.8) is 0 Å². The smallest absolute Gasteiger partial charge is 0.264 e. The lowest BCUT2D eigenvalue weighted by atomic mass is 10.2. The highest BCUT2D eigenvalue weighted by atomic mass is 79.9. The van der Waals surface area contributed by atoms with E-state index in [1.165, 1.54) is 37.4 Å². The molecule has 0 aliphatic carbocycles. The quantitative estimate of drug-likeness (QED) is 0.572. The number of thioether (sulfide) groups is 1. The van der Waals surface area contributed by atoms with Gasteiger partial charge in [0.25, 0.3) is 5.91 Å². The summed E-state index contributed by atoms with van der Waals surface area (Å²) in [5, 5.41) is 17.8. The van der Waals surface area contributed by atoms with Crippen molar-refractivity contribution >= 4 is 60.6 Å². The lowest BCUT2D eigenvalue weighted by Gasteiger charge is -2.06. The zero-order valence-corrected chi connectivity index (χ0v) is 17.6. The first kappa shape index (κ1) is 20.4. The van der Waals surface area contributed by atoms with E-state index in [-0.39, 0.29) is 22.3 Å². The second-order valence-corrected chi connectivity index (χ2v) is 9.01. The minimum absolute atomic E-state index is 0.0220. The second kappa shape index (κ2) is 7.95. The number of sulfonamides is 1. The number of methoxy groups -OCH3 is 1. The van der Waals surface area contributed by atoms with Crippen molar-refractivity contribution in [1.82, 2.24) is 5.32 Å². The standard InChI is InChI=1S/C17H14BrN3O5S2/c1-26-14-6-9(12(18)8-13(14)22)7-15-16(23)21-17(27-15)20-10-2-4-11(5-3-10)28(19,24)25/h2-8,22H,1H3,(H2,19,24,25)(H,20,21,23)/b15-7+. The van der Waals surface area contributed by atoms with Crippen molar-refractivity contribution in [3.05, 3.63) is 51.3 Å². The van der Waals surface area contributed by atoms with Gasteiger partial charge in [-0.1, -0.05) is 15.9 Å². The third-order valence-electron chi connectivity index (χ3n) is 3.63. The van der Waals surface area contributed by atoms with Crippen LogP contribution in [-0.2, 0) is 14.8 Å². The van der Waals surface area contributed by atoms with E-state index in [0.717, 1.165) is 11.8 Å². The van der Waals surface area contributed by atoms with Gasteiger partial charge >= 0.3 is 0 Å². The normalized spacial score (nSPS) is 17.2. The van der Waals surface area contributed by atoms with Gasteiger partial charge < -0.3 is 15.2 Å². The molecule has 1 saturated heterocycles. The number of amides is 1. The van der Waals surface area contributed by atoms with E-state index in [4.69, 9.17) is 9.88 Å². The monoisotopic (exact) mass is 483 g/mol. The molecule has 0 spiro atoms. The van der Waals surface area contributed by atoms with Crippen LogP contribution in [-0.4, -0.2) is 31.7 Å². The van der Waals surface area contributed by atoms with Gasteiger partial charge in [0.05, 0.1) is 22.6 Å². The van der Waals surface area contributed by atoms with Gasteiger partial charge in [-0.15, -0.1) is 0 Å². The number of rotatable bonds is 4. The molecule has 28 heavy (non-hydrogen) atoms. The minimum Gasteiger partial charge on any atom is -0.504 e. The number of carbonyl (C=O) groups is 1. The molecule has 2 aromatic rings. The summed E-state index contributed by atoms with van der Waals surface area (Å²) < 4.78 is 28.3. The number of aromatic hydroxyl groups is 1. The van der Waals surface area contributed by atoms with Gasteiger partial charge in [-0.25, -0.2) is 18.5 Å². The van der Waals surface area contributed by atoms with Gasteiger partial charge in [0.1, 0.15) is 0 Å². The summed E-state index contributed by atoms with van der Waals surface area (Å²) in [6.07, 6.45) is 1.64. The number of halogens is 1. The molecule has 1 amide bonds. The van der Waals surface area contributed by atoms with Crippen molar-refractivity contribution in [2.75, 3.05) is 7.11 Å². The SMILES string of the molecule is COc1cc(/C=C2/SC(=Nc3ccc(S(N)(=O)=O)cc3)NC2=O)c(Br)cc1O. The van der Waals surface area contributed by atoms with Crippen LogP contribution < -0.4 is 15.2 Å². The van der Waals surface area contributed by atoms with Crippen molar-refractivity contribution < 1.29 is 23.1 Å². The summed E-state index contributed by atoms with van der Waals surface area (Å²) in [7, 11) is -2.34. The molecular formula is C17H14BrN3O5S2. The number of primary sulfonamides is 1. The highest BCUT2D eigenvalue weighted by Gasteiger charge is 2.24. The molecule has 1 aliphatic heterocycles. The van der Waals surface area contributed by atoms with Gasteiger partial charge in [0, 0.05) is 4.47 Å². The first-order chi connectivity index (χ1) is 13.2. The van der Waals surface area contributed by atoms with E-state index in [1.807, 2.05) is 0 Å². The maximum absolute atomic E-state index is 12.2. The Morgan fingerprint density at radius 3 is 2.57 bits per heavy atom. The molecule has 3 rings (SSSR count). The van der Waals surface area contributed by atoms with Gasteiger partial charge in [-0.05, 0) is 59.8 Å². The lowest BCUT2D eigenvalue weighted by molar-refractivity contribution is -0.115. The number of ether oxygens (including phenoxy) is 1. The Morgan fingerprint density at radius 2 is 1.96 bits per heavy atom. The zero-order chi connectivity index (χ0) is 20.5. The van der Waals surface area contributed by atoms with Crippen LogP contribution in [0, 0.1) is 0 Å². The molecule has 0 radical (unpaired) electrons. The van der Waals surface area contributed by atoms with E-state index in [0.29, 0.717) is 25.8 Å². The number of hydrogen-bond acceptors (Lipinski definition) is 7. The van der Waals surface area contributed by atoms with E-state index >= 15 is 0 Å². The van der Waals surface area contributed by atoms with Crippen LogP contribution in [0.5, 0.6) is 11.5 Å². The maximum Gasteiger partial charge on any atom is 0.264 e. The Hall–Kier alpha value is -2.34. The minimum atomic E-state index is -3.78. The first-order valence-electron chi connectivity index (χ1n) is 7.66. The molecule has 0 aromatic heterocycles. The average Bonchev–Trinajstić information content (AvgIpc) is 2.96. The molecule has 0 saturated carbocycles. The van der Waals surface area contributed by atoms with Crippen molar-refractivity contribution in [2.45, 2.75) is 4.90 Å². The van der Waals surface area contributed by atoms with Gasteiger partial charge in [-0.2, -0.15) is 0 Å². The Bertz CT molecular complexity index is 1110. The molecule has 1 heterocycles. The number of benzene rings is 2. The summed E-state index contributed by atoms with van der Waals surface area (Å²) in [6.45, 7) is 0. The highest BCUT2D eigenvalue weighted by Crippen LogP contribution is 2.35. The van der Waals surface area contributed by atoms with Crippen molar-refractivity contribution in [3.8, 4) is 11.5 Å². The summed E-state index contributed by atoms with van der Waals surface area (Å²) in [4.78, 5) is 16.9. The topological polar surface area (TPSA) is 131 Å². The molecule has 1 aliphatic rings. The maximum atomic E-state index is 12.2. The number of phenolic OH excluding ortho intramolecular Hbond substituents is 1. The van der Waals surface area contributed by atoms with Crippen molar-refractivity contribution in [1.29, 1.82) is 0 Å². The van der Waals surface area contributed by atoms with Crippen LogP contribution in [0.2, 0.25) is 0 Å². The fraction of sp³-hybridized carbons (Fsp3) is 0.0588. The van der Waals surface area contributed by atoms with Crippen LogP contribution in [0.25, 0.3) is 6.08 Å². The molecule has 2 aromatic carbocycles. The summed E-state index contributed by atoms with van der Waals surface area (Å²) in [6, 6.07) is 8.73. The average molecular weight is 484 g/mol.